The summed E-state index contributed by atoms with van der Waals surface area (Å²) in [6.07, 6.45) is 10.8. The van der Waals surface area contributed by atoms with Gasteiger partial charge >= 0.3 is 0 Å². The van der Waals surface area contributed by atoms with Crippen LogP contribution in [0.25, 0.3) is 0 Å². The highest BCUT2D eigenvalue weighted by Gasteiger charge is 2.25. The van der Waals surface area contributed by atoms with Gasteiger partial charge in [-0.25, -0.2) is 0 Å². The van der Waals surface area contributed by atoms with Crippen LogP contribution >= 0.6 is 0 Å². The number of hydrogen-bond donors (Lipinski definition) is 1. The van der Waals surface area contributed by atoms with Crippen LogP contribution in [0.2, 0.25) is 0 Å². The van der Waals surface area contributed by atoms with Crippen LogP contribution < -0.4 is 5.32 Å². The molecule has 112 valence electrons. The van der Waals surface area contributed by atoms with E-state index in [0.29, 0.717) is 12.1 Å². The molecule has 2 unspecified atom stereocenters. The van der Waals surface area contributed by atoms with Crippen LogP contribution in [-0.2, 0) is 9.47 Å². The van der Waals surface area contributed by atoms with E-state index in [0.717, 1.165) is 32.3 Å². The summed E-state index contributed by atoms with van der Waals surface area (Å²) in [5.41, 5.74) is 0. The molecule has 0 bridgehead atoms. The molecule has 0 spiro atoms. The van der Waals surface area contributed by atoms with Gasteiger partial charge in [-0.15, -0.1) is 0 Å². The predicted octanol–water partition coefficient (Wildman–Crippen LogP) is 3.13. The van der Waals surface area contributed by atoms with Crippen LogP contribution in [0.5, 0.6) is 0 Å². The molecule has 1 N–H and O–H groups in total. The molecule has 0 amide bonds. The lowest BCUT2D eigenvalue weighted by atomic mass is 9.98. The van der Waals surface area contributed by atoms with Crippen LogP contribution in [0.1, 0.15) is 58.3 Å². The quantitative estimate of drug-likeness (QED) is 0.734. The largest absolute Gasteiger partial charge is 0.377 e. The van der Waals surface area contributed by atoms with Crippen molar-refractivity contribution in [3.05, 3.63) is 0 Å². The fraction of sp³-hybridized carbons (Fsp3) is 1.00. The lowest BCUT2D eigenvalue weighted by Gasteiger charge is -2.27. The first kappa shape index (κ1) is 15.3. The van der Waals surface area contributed by atoms with Gasteiger partial charge in [0.05, 0.1) is 19.3 Å². The van der Waals surface area contributed by atoms with E-state index in [1.165, 1.54) is 51.4 Å². The third-order valence-corrected chi connectivity index (χ3v) is 4.50. The van der Waals surface area contributed by atoms with Gasteiger partial charge in [-0.1, -0.05) is 19.8 Å². The first-order chi connectivity index (χ1) is 9.40. The van der Waals surface area contributed by atoms with Gasteiger partial charge in [-0.3, -0.25) is 0 Å². The predicted molar refractivity (Wildman–Crippen MR) is 78.4 cm³/mol. The number of hydrogen-bond acceptors (Lipinski definition) is 3. The smallest absolute Gasteiger partial charge is 0.0808 e. The average Bonchev–Trinajstić information content (AvgIpc) is 2.98. The van der Waals surface area contributed by atoms with Crippen molar-refractivity contribution < 1.29 is 9.47 Å². The van der Waals surface area contributed by atoms with Gasteiger partial charge < -0.3 is 14.8 Å². The van der Waals surface area contributed by atoms with Crippen molar-refractivity contribution in [3.63, 3.8) is 0 Å². The molecule has 1 heterocycles. The molecular formula is C16H31NO2. The zero-order valence-corrected chi connectivity index (χ0v) is 12.5. The Kier molecular flexibility index (Phi) is 7.18. The molecule has 2 atom stereocenters. The molecule has 1 saturated heterocycles. The van der Waals surface area contributed by atoms with Gasteiger partial charge in [0.2, 0.25) is 0 Å². The van der Waals surface area contributed by atoms with E-state index in [-0.39, 0.29) is 0 Å². The van der Waals surface area contributed by atoms with Gasteiger partial charge in [0.1, 0.15) is 0 Å². The Hall–Kier alpha value is -0.120. The minimum atomic E-state index is 0.351. The standard InChI is InChI=1S/C16H31NO2/c1-2-10-17-16(14-7-3-4-8-14)13-18-12-15-9-5-6-11-19-15/h14-17H,2-13H2,1H3. The summed E-state index contributed by atoms with van der Waals surface area (Å²) in [6.45, 7) is 5.93. The molecule has 0 radical (unpaired) electrons. The normalized spacial score (nSPS) is 26.7. The van der Waals surface area contributed by atoms with E-state index in [4.69, 9.17) is 9.47 Å². The molecule has 2 aliphatic rings. The van der Waals surface area contributed by atoms with Crippen molar-refractivity contribution in [2.45, 2.75) is 70.4 Å². The summed E-state index contributed by atoms with van der Waals surface area (Å²) in [5.74, 6) is 0.832. The topological polar surface area (TPSA) is 30.5 Å². The van der Waals surface area contributed by atoms with Crippen LogP contribution in [0, 0.1) is 5.92 Å². The van der Waals surface area contributed by atoms with Crippen LogP contribution in [-0.4, -0.2) is 38.5 Å². The Bertz CT molecular complexity index is 223. The fourth-order valence-corrected chi connectivity index (χ4v) is 3.32. The van der Waals surface area contributed by atoms with Crippen LogP contribution in [0.4, 0.5) is 0 Å². The highest BCUT2D eigenvalue weighted by molar-refractivity contribution is 4.80. The Morgan fingerprint density at radius 1 is 1.16 bits per heavy atom. The van der Waals surface area contributed by atoms with Crippen molar-refractivity contribution in [2.75, 3.05) is 26.4 Å². The molecule has 1 saturated carbocycles. The molecule has 19 heavy (non-hydrogen) atoms. The molecular weight excluding hydrogens is 238 g/mol. The second-order valence-electron chi connectivity index (χ2n) is 6.13. The molecule has 0 aromatic carbocycles. The van der Waals surface area contributed by atoms with Gasteiger partial charge in [-0.2, -0.15) is 0 Å². The molecule has 2 rings (SSSR count). The second-order valence-corrected chi connectivity index (χ2v) is 6.13. The second kappa shape index (κ2) is 8.93. The number of rotatable bonds is 8. The summed E-state index contributed by atoms with van der Waals surface area (Å²) in [4.78, 5) is 0. The van der Waals surface area contributed by atoms with E-state index < -0.39 is 0 Å². The first-order valence-corrected chi connectivity index (χ1v) is 8.33. The highest BCUT2D eigenvalue weighted by Crippen LogP contribution is 2.28. The lowest BCUT2D eigenvalue weighted by Crippen LogP contribution is -2.40. The third kappa shape index (κ3) is 5.41. The van der Waals surface area contributed by atoms with E-state index in [2.05, 4.69) is 12.2 Å². The van der Waals surface area contributed by atoms with Crippen molar-refractivity contribution >= 4 is 0 Å². The van der Waals surface area contributed by atoms with E-state index in [1.54, 1.807) is 0 Å². The number of nitrogens with one attached hydrogen (secondary N) is 1. The van der Waals surface area contributed by atoms with Crippen LogP contribution in [0.15, 0.2) is 0 Å². The van der Waals surface area contributed by atoms with Gasteiger partial charge in [0.25, 0.3) is 0 Å². The molecule has 2 fully saturated rings. The Morgan fingerprint density at radius 3 is 2.63 bits per heavy atom. The zero-order valence-electron chi connectivity index (χ0n) is 12.5. The summed E-state index contributed by atoms with van der Waals surface area (Å²) in [7, 11) is 0. The SMILES string of the molecule is CCCNC(COCC1CCCCO1)C1CCCC1. The maximum Gasteiger partial charge on any atom is 0.0808 e. The minimum absolute atomic E-state index is 0.351. The van der Waals surface area contributed by atoms with Gasteiger partial charge in [-0.05, 0) is 51.0 Å². The molecule has 1 aliphatic heterocycles. The Balaban J connectivity index is 1.66. The third-order valence-electron chi connectivity index (χ3n) is 4.50. The van der Waals surface area contributed by atoms with E-state index in [9.17, 15) is 0 Å². The maximum absolute atomic E-state index is 5.96. The molecule has 3 heteroatoms. The van der Waals surface area contributed by atoms with Gasteiger partial charge in [0, 0.05) is 12.6 Å². The molecule has 0 aromatic rings. The van der Waals surface area contributed by atoms with Crippen molar-refractivity contribution in [1.29, 1.82) is 0 Å². The fourth-order valence-electron chi connectivity index (χ4n) is 3.32. The number of ether oxygens (including phenoxy) is 2. The van der Waals surface area contributed by atoms with Crippen LogP contribution in [0.3, 0.4) is 0 Å². The molecule has 0 aromatic heterocycles. The summed E-state index contributed by atoms with van der Waals surface area (Å²) in [5, 5.41) is 3.68. The van der Waals surface area contributed by atoms with E-state index in [1.807, 2.05) is 0 Å². The Labute approximate surface area is 118 Å². The van der Waals surface area contributed by atoms with Crippen molar-refractivity contribution in [1.82, 2.24) is 5.32 Å². The minimum Gasteiger partial charge on any atom is -0.377 e. The summed E-state index contributed by atoms with van der Waals surface area (Å²) in [6, 6.07) is 0.561. The van der Waals surface area contributed by atoms with E-state index >= 15 is 0 Å². The lowest BCUT2D eigenvalue weighted by molar-refractivity contribution is -0.0465. The molecule has 3 nitrogen and oxygen atoms in total. The average molecular weight is 269 g/mol. The zero-order chi connectivity index (χ0) is 13.3. The van der Waals surface area contributed by atoms with Gasteiger partial charge in [0.15, 0.2) is 0 Å². The summed E-state index contributed by atoms with van der Waals surface area (Å²) >= 11 is 0. The first-order valence-electron chi connectivity index (χ1n) is 8.33. The monoisotopic (exact) mass is 269 g/mol. The van der Waals surface area contributed by atoms with Crippen molar-refractivity contribution in [2.24, 2.45) is 5.92 Å². The van der Waals surface area contributed by atoms with Crippen molar-refractivity contribution in [3.8, 4) is 0 Å². The maximum atomic E-state index is 5.96. The Morgan fingerprint density at radius 2 is 1.95 bits per heavy atom. The summed E-state index contributed by atoms with van der Waals surface area (Å²) < 4.78 is 11.7. The highest BCUT2D eigenvalue weighted by atomic mass is 16.5. The molecule has 1 aliphatic carbocycles.